The van der Waals surface area contributed by atoms with E-state index < -0.39 is 0 Å². The molecular formula is C17H27N3O. The molecule has 0 unspecified atom stereocenters. The number of benzene rings is 1. The van der Waals surface area contributed by atoms with Gasteiger partial charge in [0, 0.05) is 30.4 Å². The highest BCUT2D eigenvalue weighted by molar-refractivity contribution is 5.96. The molecule has 1 fully saturated rings. The number of nitrogens with two attached hydrogens (primary N) is 1. The molecule has 21 heavy (non-hydrogen) atoms. The van der Waals surface area contributed by atoms with Crippen molar-refractivity contribution in [1.82, 2.24) is 10.6 Å². The lowest BCUT2D eigenvalue weighted by atomic mass is 10.1. The fourth-order valence-electron chi connectivity index (χ4n) is 2.92. The molecule has 116 valence electrons. The first kappa shape index (κ1) is 15.8. The SMILES string of the molecule is Cc1ccc(N)cc1C(=O)NCCNC1CCCCCC1. The predicted molar refractivity (Wildman–Crippen MR) is 87.4 cm³/mol. The first-order valence-corrected chi connectivity index (χ1v) is 8.04. The molecule has 2 rings (SSSR count). The van der Waals surface area contributed by atoms with E-state index in [0.29, 0.717) is 23.8 Å². The molecule has 0 aliphatic heterocycles. The number of carbonyl (C=O) groups is 1. The first-order valence-electron chi connectivity index (χ1n) is 8.04. The molecule has 0 saturated heterocycles. The Morgan fingerprint density at radius 2 is 1.90 bits per heavy atom. The van der Waals surface area contributed by atoms with Crippen LogP contribution in [0.25, 0.3) is 0 Å². The number of aryl methyl sites for hydroxylation is 1. The van der Waals surface area contributed by atoms with E-state index >= 15 is 0 Å². The van der Waals surface area contributed by atoms with Crippen molar-refractivity contribution in [3.05, 3.63) is 29.3 Å². The Morgan fingerprint density at radius 3 is 2.62 bits per heavy atom. The van der Waals surface area contributed by atoms with Crippen LogP contribution in [0.2, 0.25) is 0 Å². The summed E-state index contributed by atoms with van der Waals surface area (Å²) >= 11 is 0. The Bertz CT molecular complexity index is 465. The number of amides is 1. The smallest absolute Gasteiger partial charge is 0.251 e. The summed E-state index contributed by atoms with van der Waals surface area (Å²) in [5, 5.41) is 6.52. The Labute approximate surface area is 127 Å². The molecule has 1 aliphatic carbocycles. The van der Waals surface area contributed by atoms with Crippen molar-refractivity contribution < 1.29 is 4.79 Å². The van der Waals surface area contributed by atoms with E-state index in [9.17, 15) is 4.79 Å². The van der Waals surface area contributed by atoms with Crippen LogP contribution in [0.4, 0.5) is 5.69 Å². The summed E-state index contributed by atoms with van der Waals surface area (Å²) in [4.78, 5) is 12.1. The van der Waals surface area contributed by atoms with Gasteiger partial charge in [0.25, 0.3) is 5.91 Å². The average molecular weight is 289 g/mol. The molecule has 4 N–H and O–H groups in total. The summed E-state index contributed by atoms with van der Waals surface area (Å²) < 4.78 is 0. The summed E-state index contributed by atoms with van der Waals surface area (Å²) in [6, 6.07) is 6.07. The number of nitrogens with one attached hydrogen (secondary N) is 2. The number of hydrogen-bond acceptors (Lipinski definition) is 3. The average Bonchev–Trinajstić information content (AvgIpc) is 2.74. The van der Waals surface area contributed by atoms with Crippen molar-refractivity contribution in [3.63, 3.8) is 0 Å². The maximum Gasteiger partial charge on any atom is 0.251 e. The molecule has 1 aromatic rings. The highest BCUT2D eigenvalue weighted by Gasteiger charge is 2.12. The fourth-order valence-corrected chi connectivity index (χ4v) is 2.92. The zero-order valence-corrected chi connectivity index (χ0v) is 13.0. The minimum Gasteiger partial charge on any atom is -0.399 e. The van der Waals surface area contributed by atoms with Crippen molar-refractivity contribution in [3.8, 4) is 0 Å². The van der Waals surface area contributed by atoms with E-state index in [0.717, 1.165) is 12.1 Å². The van der Waals surface area contributed by atoms with Gasteiger partial charge >= 0.3 is 0 Å². The summed E-state index contributed by atoms with van der Waals surface area (Å²) in [6.07, 6.45) is 7.91. The van der Waals surface area contributed by atoms with Gasteiger partial charge in [-0.3, -0.25) is 4.79 Å². The molecule has 1 aromatic carbocycles. The lowest BCUT2D eigenvalue weighted by Gasteiger charge is -2.16. The van der Waals surface area contributed by atoms with E-state index in [2.05, 4.69) is 10.6 Å². The van der Waals surface area contributed by atoms with Gasteiger partial charge in [-0.15, -0.1) is 0 Å². The first-order chi connectivity index (χ1) is 10.2. The highest BCUT2D eigenvalue weighted by atomic mass is 16.1. The molecule has 1 aliphatic rings. The van der Waals surface area contributed by atoms with Gasteiger partial charge in [-0.05, 0) is 37.5 Å². The lowest BCUT2D eigenvalue weighted by Crippen LogP contribution is -2.37. The number of rotatable bonds is 5. The van der Waals surface area contributed by atoms with E-state index in [1.165, 1.54) is 38.5 Å². The summed E-state index contributed by atoms with van der Waals surface area (Å²) in [5.74, 6) is -0.0394. The van der Waals surface area contributed by atoms with Crippen molar-refractivity contribution in [2.45, 2.75) is 51.5 Å². The van der Waals surface area contributed by atoms with Gasteiger partial charge in [-0.25, -0.2) is 0 Å². The Balaban J connectivity index is 1.72. The van der Waals surface area contributed by atoms with E-state index in [1.54, 1.807) is 6.07 Å². The molecular weight excluding hydrogens is 262 g/mol. The van der Waals surface area contributed by atoms with Gasteiger partial charge in [-0.2, -0.15) is 0 Å². The second-order valence-electron chi connectivity index (χ2n) is 5.97. The van der Waals surface area contributed by atoms with Gasteiger partial charge < -0.3 is 16.4 Å². The predicted octanol–water partition coefficient (Wildman–Crippen LogP) is 2.62. The van der Waals surface area contributed by atoms with E-state index in [1.807, 2.05) is 19.1 Å². The second-order valence-corrected chi connectivity index (χ2v) is 5.97. The van der Waals surface area contributed by atoms with Crippen molar-refractivity contribution >= 4 is 11.6 Å². The van der Waals surface area contributed by atoms with Gasteiger partial charge in [0.15, 0.2) is 0 Å². The van der Waals surface area contributed by atoms with Crippen molar-refractivity contribution in [1.29, 1.82) is 0 Å². The van der Waals surface area contributed by atoms with Crippen LogP contribution >= 0.6 is 0 Å². The zero-order chi connectivity index (χ0) is 15.1. The highest BCUT2D eigenvalue weighted by Crippen LogP contribution is 2.17. The number of anilines is 1. The van der Waals surface area contributed by atoms with Crippen LogP contribution in [0.15, 0.2) is 18.2 Å². The number of nitrogen functional groups attached to an aromatic ring is 1. The van der Waals surface area contributed by atoms with Crippen LogP contribution in [0.5, 0.6) is 0 Å². The topological polar surface area (TPSA) is 67.2 Å². The fraction of sp³-hybridized carbons (Fsp3) is 0.588. The van der Waals surface area contributed by atoms with Crippen LogP contribution in [0, 0.1) is 6.92 Å². The van der Waals surface area contributed by atoms with Gasteiger partial charge in [-0.1, -0.05) is 31.7 Å². The maximum atomic E-state index is 12.1. The molecule has 0 bridgehead atoms. The van der Waals surface area contributed by atoms with Gasteiger partial charge in [0.05, 0.1) is 0 Å². The van der Waals surface area contributed by atoms with Crippen LogP contribution in [-0.2, 0) is 0 Å². The molecule has 0 atom stereocenters. The molecule has 4 nitrogen and oxygen atoms in total. The van der Waals surface area contributed by atoms with Crippen LogP contribution in [0.1, 0.15) is 54.4 Å². The molecule has 1 saturated carbocycles. The third-order valence-corrected chi connectivity index (χ3v) is 4.20. The van der Waals surface area contributed by atoms with Crippen LogP contribution in [0.3, 0.4) is 0 Å². The summed E-state index contributed by atoms with van der Waals surface area (Å²) in [7, 11) is 0. The third kappa shape index (κ3) is 5.05. The largest absolute Gasteiger partial charge is 0.399 e. The standard InChI is InChI=1S/C17H27N3O/c1-13-8-9-14(18)12-16(13)17(21)20-11-10-19-15-6-4-2-3-5-7-15/h8-9,12,15,19H,2-7,10-11,18H2,1H3,(H,20,21). The van der Waals surface area contributed by atoms with Crippen molar-refractivity contribution in [2.75, 3.05) is 18.8 Å². The van der Waals surface area contributed by atoms with Gasteiger partial charge in [0.2, 0.25) is 0 Å². The number of carbonyl (C=O) groups excluding carboxylic acids is 1. The van der Waals surface area contributed by atoms with E-state index in [4.69, 9.17) is 5.73 Å². The quantitative estimate of drug-likeness (QED) is 0.443. The number of hydrogen-bond donors (Lipinski definition) is 3. The normalized spacial score (nSPS) is 16.4. The Kier molecular flexibility index (Phi) is 6.05. The van der Waals surface area contributed by atoms with E-state index in [-0.39, 0.29) is 5.91 Å². The summed E-state index contributed by atoms with van der Waals surface area (Å²) in [6.45, 7) is 3.42. The molecule has 0 radical (unpaired) electrons. The minimum absolute atomic E-state index is 0.0394. The minimum atomic E-state index is -0.0394. The zero-order valence-electron chi connectivity index (χ0n) is 13.0. The summed E-state index contributed by atoms with van der Waals surface area (Å²) in [5.41, 5.74) is 7.99. The molecule has 1 amide bonds. The lowest BCUT2D eigenvalue weighted by molar-refractivity contribution is 0.0953. The molecule has 0 heterocycles. The maximum absolute atomic E-state index is 12.1. The molecule has 0 aromatic heterocycles. The second kappa shape index (κ2) is 8.03. The van der Waals surface area contributed by atoms with Crippen LogP contribution in [-0.4, -0.2) is 25.0 Å². The van der Waals surface area contributed by atoms with Crippen molar-refractivity contribution in [2.24, 2.45) is 0 Å². The Hall–Kier alpha value is -1.55. The third-order valence-electron chi connectivity index (χ3n) is 4.20. The van der Waals surface area contributed by atoms with Gasteiger partial charge in [0.1, 0.15) is 0 Å². The monoisotopic (exact) mass is 289 g/mol. The van der Waals surface area contributed by atoms with Crippen LogP contribution < -0.4 is 16.4 Å². The molecule has 4 heteroatoms. The molecule has 0 spiro atoms. The Morgan fingerprint density at radius 1 is 1.19 bits per heavy atom.